The molecule has 102 valence electrons. The Bertz CT molecular complexity index is 215. The molecule has 0 saturated heterocycles. The zero-order valence-electron chi connectivity index (χ0n) is 11.3. The topological polar surface area (TPSA) is 69.6 Å². The largest absolute Gasteiger partial charge is 0.480 e. The van der Waals surface area contributed by atoms with E-state index in [9.17, 15) is 4.79 Å². The first-order valence-electron chi connectivity index (χ1n) is 6.66. The van der Waals surface area contributed by atoms with Gasteiger partial charge in [-0.2, -0.15) is 0 Å². The fourth-order valence-corrected chi connectivity index (χ4v) is 2.15. The first-order chi connectivity index (χ1) is 8.05. The number of nitrogens with one attached hydrogen (secondary N) is 1. The molecule has 0 aromatic carbocycles. The molecule has 0 amide bonds. The molecule has 17 heavy (non-hydrogen) atoms. The fraction of sp³-hybridized carbons (Fsp3) is 0.923. The molecule has 4 nitrogen and oxygen atoms in total. The highest BCUT2D eigenvalue weighted by atomic mass is 16.4. The van der Waals surface area contributed by atoms with Gasteiger partial charge in [-0.3, -0.25) is 10.1 Å². The van der Waals surface area contributed by atoms with E-state index in [1.165, 1.54) is 6.42 Å². The van der Waals surface area contributed by atoms with Crippen LogP contribution < -0.4 is 5.32 Å². The molecule has 4 heteroatoms. The smallest absolute Gasteiger partial charge is 0.323 e. The van der Waals surface area contributed by atoms with Gasteiger partial charge in [-0.15, -0.1) is 0 Å². The second kappa shape index (κ2) is 8.48. The van der Waals surface area contributed by atoms with Gasteiger partial charge in [-0.25, -0.2) is 0 Å². The van der Waals surface area contributed by atoms with Crippen LogP contribution in [0.1, 0.15) is 59.3 Å². The minimum atomic E-state index is -0.978. The zero-order chi connectivity index (χ0) is 13.3. The molecular formula is C13H27NO3. The summed E-state index contributed by atoms with van der Waals surface area (Å²) in [5, 5.41) is 21.2. The van der Waals surface area contributed by atoms with Gasteiger partial charge in [0, 0.05) is 5.54 Å². The van der Waals surface area contributed by atoms with Gasteiger partial charge in [0.2, 0.25) is 0 Å². The van der Waals surface area contributed by atoms with E-state index in [4.69, 9.17) is 10.2 Å². The SMILES string of the molecule is CCCCCC(CC)(CC)NC(CO)C(=O)O. The first kappa shape index (κ1) is 16.4. The second-order valence-electron chi connectivity index (χ2n) is 4.66. The van der Waals surface area contributed by atoms with Crippen LogP contribution in [0.3, 0.4) is 0 Å². The Hall–Kier alpha value is -0.610. The van der Waals surface area contributed by atoms with Crippen molar-refractivity contribution in [3.63, 3.8) is 0 Å². The van der Waals surface area contributed by atoms with Gasteiger partial charge in [0.1, 0.15) is 6.04 Å². The number of aliphatic carboxylic acids is 1. The van der Waals surface area contributed by atoms with Crippen molar-refractivity contribution in [2.24, 2.45) is 0 Å². The average Bonchev–Trinajstić information content (AvgIpc) is 2.33. The van der Waals surface area contributed by atoms with E-state index in [2.05, 4.69) is 26.1 Å². The van der Waals surface area contributed by atoms with E-state index in [0.29, 0.717) is 0 Å². The summed E-state index contributed by atoms with van der Waals surface area (Å²) in [5.74, 6) is -0.978. The molecule has 0 aliphatic carbocycles. The lowest BCUT2D eigenvalue weighted by Gasteiger charge is -2.35. The fourth-order valence-electron chi connectivity index (χ4n) is 2.15. The van der Waals surface area contributed by atoms with Crippen molar-refractivity contribution in [1.29, 1.82) is 0 Å². The standard InChI is InChI=1S/C13H27NO3/c1-4-7-8-9-13(5-2,6-3)14-11(10-15)12(16)17/h11,14-15H,4-10H2,1-3H3,(H,16,17). The van der Waals surface area contributed by atoms with Crippen molar-refractivity contribution in [1.82, 2.24) is 5.32 Å². The van der Waals surface area contributed by atoms with Crippen molar-refractivity contribution < 1.29 is 15.0 Å². The van der Waals surface area contributed by atoms with E-state index in [0.717, 1.165) is 32.1 Å². The first-order valence-corrected chi connectivity index (χ1v) is 6.66. The van der Waals surface area contributed by atoms with E-state index in [-0.39, 0.29) is 12.1 Å². The van der Waals surface area contributed by atoms with Gasteiger partial charge < -0.3 is 10.2 Å². The summed E-state index contributed by atoms with van der Waals surface area (Å²) in [5.41, 5.74) is -0.152. The molecule has 0 aliphatic rings. The van der Waals surface area contributed by atoms with Crippen molar-refractivity contribution >= 4 is 5.97 Å². The van der Waals surface area contributed by atoms with Crippen molar-refractivity contribution in [2.45, 2.75) is 70.9 Å². The summed E-state index contributed by atoms with van der Waals surface area (Å²) < 4.78 is 0. The maximum absolute atomic E-state index is 10.9. The summed E-state index contributed by atoms with van der Waals surface area (Å²) in [6, 6.07) is -0.850. The molecule has 1 atom stereocenters. The number of hydrogen-bond donors (Lipinski definition) is 3. The van der Waals surface area contributed by atoms with Crippen molar-refractivity contribution in [3.8, 4) is 0 Å². The Balaban J connectivity index is 4.51. The summed E-state index contributed by atoms with van der Waals surface area (Å²) >= 11 is 0. The number of rotatable bonds is 10. The number of aliphatic hydroxyl groups is 1. The summed E-state index contributed by atoms with van der Waals surface area (Å²) in [7, 11) is 0. The lowest BCUT2D eigenvalue weighted by Crippen LogP contribution is -2.54. The van der Waals surface area contributed by atoms with Crippen LogP contribution in [0, 0.1) is 0 Å². The van der Waals surface area contributed by atoms with Crippen LogP contribution in [0.4, 0.5) is 0 Å². The number of unbranched alkanes of at least 4 members (excludes halogenated alkanes) is 2. The van der Waals surface area contributed by atoms with Gasteiger partial charge in [0.05, 0.1) is 6.61 Å². The highest BCUT2D eigenvalue weighted by Gasteiger charge is 2.30. The van der Waals surface area contributed by atoms with Crippen LogP contribution in [0.25, 0.3) is 0 Å². The predicted octanol–water partition coefficient (Wildman–Crippen LogP) is 2.16. The second-order valence-corrected chi connectivity index (χ2v) is 4.66. The van der Waals surface area contributed by atoms with Gasteiger partial charge in [-0.05, 0) is 19.3 Å². The van der Waals surface area contributed by atoms with E-state index >= 15 is 0 Å². The molecule has 1 unspecified atom stereocenters. The molecule has 0 fully saturated rings. The Morgan fingerprint density at radius 1 is 1.24 bits per heavy atom. The summed E-state index contributed by atoms with van der Waals surface area (Å²) in [4.78, 5) is 10.9. The van der Waals surface area contributed by atoms with Gasteiger partial charge >= 0.3 is 5.97 Å². The molecular weight excluding hydrogens is 218 g/mol. The van der Waals surface area contributed by atoms with Gasteiger partial charge in [0.25, 0.3) is 0 Å². The normalized spacial score (nSPS) is 13.6. The lowest BCUT2D eigenvalue weighted by atomic mass is 9.86. The Morgan fingerprint density at radius 2 is 1.82 bits per heavy atom. The van der Waals surface area contributed by atoms with Gasteiger partial charge in [-0.1, -0.05) is 40.0 Å². The highest BCUT2D eigenvalue weighted by molar-refractivity contribution is 5.73. The van der Waals surface area contributed by atoms with Crippen LogP contribution >= 0.6 is 0 Å². The molecule has 0 radical (unpaired) electrons. The molecule has 0 rings (SSSR count). The van der Waals surface area contributed by atoms with Crippen LogP contribution in [-0.4, -0.2) is 34.4 Å². The third-order valence-corrected chi connectivity index (χ3v) is 3.57. The Morgan fingerprint density at radius 3 is 2.18 bits per heavy atom. The molecule has 0 aromatic rings. The number of carboxylic acids is 1. The lowest BCUT2D eigenvalue weighted by molar-refractivity contribution is -0.141. The third-order valence-electron chi connectivity index (χ3n) is 3.57. The van der Waals surface area contributed by atoms with Crippen LogP contribution in [0.15, 0.2) is 0 Å². The van der Waals surface area contributed by atoms with Crippen molar-refractivity contribution in [2.75, 3.05) is 6.61 Å². The molecule has 0 aliphatic heterocycles. The Kier molecular flexibility index (Phi) is 8.17. The maximum Gasteiger partial charge on any atom is 0.323 e. The minimum absolute atomic E-state index is 0.152. The number of carboxylic acid groups (broad SMARTS) is 1. The molecule has 0 bridgehead atoms. The molecule has 0 heterocycles. The quantitative estimate of drug-likeness (QED) is 0.516. The van der Waals surface area contributed by atoms with Crippen LogP contribution in [0.2, 0.25) is 0 Å². The number of hydrogen-bond acceptors (Lipinski definition) is 3. The van der Waals surface area contributed by atoms with Gasteiger partial charge in [0.15, 0.2) is 0 Å². The van der Waals surface area contributed by atoms with E-state index in [1.807, 2.05) is 0 Å². The van der Waals surface area contributed by atoms with Crippen LogP contribution in [-0.2, 0) is 4.79 Å². The summed E-state index contributed by atoms with van der Waals surface area (Å²) in [6.45, 7) is 5.93. The highest BCUT2D eigenvalue weighted by Crippen LogP contribution is 2.23. The Labute approximate surface area is 104 Å². The van der Waals surface area contributed by atoms with Crippen LogP contribution in [0.5, 0.6) is 0 Å². The van der Waals surface area contributed by atoms with E-state index < -0.39 is 12.0 Å². The number of aliphatic hydroxyl groups excluding tert-OH is 1. The molecule has 0 saturated carbocycles. The monoisotopic (exact) mass is 245 g/mol. The predicted molar refractivity (Wildman–Crippen MR) is 69.1 cm³/mol. The van der Waals surface area contributed by atoms with Crippen molar-refractivity contribution in [3.05, 3.63) is 0 Å². The molecule has 3 N–H and O–H groups in total. The average molecular weight is 245 g/mol. The molecule has 0 spiro atoms. The summed E-state index contributed by atoms with van der Waals surface area (Å²) in [6.07, 6.45) is 6.17. The maximum atomic E-state index is 10.9. The van der Waals surface area contributed by atoms with E-state index in [1.54, 1.807) is 0 Å². The third kappa shape index (κ3) is 5.50. The zero-order valence-corrected chi connectivity index (χ0v) is 11.3. The molecule has 0 aromatic heterocycles. The number of carbonyl (C=O) groups is 1. The minimum Gasteiger partial charge on any atom is -0.480 e.